The van der Waals surface area contributed by atoms with E-state index in [0.717, 1.165) is 31.2 Å². The Balaban J connectivity index is 2.13. The van der Waals surface area contributed by atoms with E-state index in [-0.39, 0.29) is 6.42 Å². The molecule has 2 atom stereocenters. The van der Waals surface area contributed by atoms with Crippen LogP contribution in [0.3, 0.4) is 0 Å². The van der Waals surface area contributed by atoms with Crippen LogP contribution in [0.25, 0.3) is 0 Å². The largest absolute Gasteiger partial charge is 0.481 e. The lowest BCUT2D eigenvalue weighted by Crippen LogP contribution is -2.48. The molecule has 0 amide bonds. The molecule has 1 aliphatic heterocycles. The third-order valence-electron chi connectivity index (χ3n) is 4.17. The second-order valence-electron chi connectivity index (χ2n) is 5.86. The Morgan fingerprint density at radius 2 is 2.10 bits per heavy atom. The van der Waals surface area contributed by atoms with E-state index in [0.29, 0.717) is 18.6 Å². The van der Waals surface area contributed by atoms with E-state index in [4.69, 9.17) is 9.84 Å². The normalized spacial score (nSPS) is 24.2. The number of benzene rings is 1. The highest BCUT2D eigenvalue weighted by Gasteiger charge is 2.43. The number of hydrogen-bond acceptors (Lipinski definition) is 3. The minimum Gasteiger partial charge on any atom is -0.481 e. The summed E-state index contributed by atoms with van der Waals surface area (Å²) in [6, 6.07) is 7.55. The average Bonchev–Trinajstić information content (AvgIpc) is 2.44. The van der Waals surface area contributed by atoms with E-state index < -0.39 is 17.7 Å². The van der Waals surface area contributed by atoms with Gasteiger partial charge in [-0.3, -0.25) is 4.79 Å². The molecular weight excluding hydrogens is 268 g/mol. The Bertz CT molecular complexity index is 485. The lowest BCUT2D eigenvalue weighted by Gasteiger charge is -2.40. The molecule has 0 saturated heterocycles. The van der Waals surface area contributed by atoms with E-state index in [1.807, 2.05) is 24.3 Å². The number of hydrogen-bond donors (Lipinski definition) is 2. The Labute approximate surface area is 125 Å². The highest BCUT2D eigenvalue weighted by molar-refractivity contribution is 5.67. The first-order valence-corrected chi connectivity index (χ1v) is 7.76. The number of carboxylic acid groups (broad SMARTS) is 1. The Hall–Kier alpha value is -1.55. The van der Waals surface area contributed by atoms with Gasteiger partial charge in [-0.25, -0.2) is 0 Å². The van der Waals surface area contributed by atoms with Crippen molar-refractivity contribution in [3.05, 3.63) is 29.8 Å². The SMILES string of the molecule is CCCCCCC1(O)Oc2ccccc2CC1CC(=O)O. The molecule has 0 saturated carbocycles. The number of rotatable bonds is 7. The lowest BCUT2D eigenvalue weighted by atomic mass is 9.83. The van der Waals surface area contributed by atoms with E-state index >= 15 is 0 Å². The van der Waals surface area contributed by atoms with Crippen LogP contribution in [-0.4, -0.2) is 22.0 Å². The molecule has 0 aromatic heterocycles. The molecule has 0 bridgehead atoms. The topological polar surface area (TPSA) is 66.8 Å². The van der Waals surface area contributed by atoms with Crippen molar-refractivity contribution in [2.45, 2.75) is 57.7 Å². The molecular formula is C17H24O4. The monoisotopic (exact) mass is 292 g/mol. The van der Waals surface area contributed by atoms with Crippen LogP contribution in [0.2, 0.25) is 0 Å². The summed E-state index contributed by atoms with van der Waals surface area (Å²) in [6.45, 7) is 2.13. The first-order valence-electron chi connectivity index (χ1n) is 7.76. The maximum atomic E-state index is 11.1. The van der Waals surface area contributed by atoms with Gasteiger partial charge in [-0.15, -0.1) is 0 Å². The molecule has 4 heteroatoms. The smallest absolute Gasteiger partial charge is 0.303 e. The Morgan fingerprint density at radius 1 is 1.33 bits per heavy atom. The fourth-order valence-corrected chi connectivity index (χ4v) is 2.97. The molecule has 116 valence electrons. The van der Waals surface area contributed by atoms with Gasteiger partial charge in [-0.05, 0) is 24.5 Å². The summed E-state index contributed by atoms with van der Waals surface area (Å²) in [4.78, 5) is 11.1. The van der Waals surface area contributed by atoms with Crippen LogP contribution in [0.15, 0.2) is 24.3 Å². The zero-order valence-corrected chi connectivity index (χ0v) is 12.5. The van der Waals surface area contributed by atoms with Crippen LogP contribution < -0.4 is 4.74 Å². The summed E-state index contributed by atoms with van der Waals surface area (Å²) in [6.07, 6.45) is 5.09. The van der Waals surface area contributed by atoms with Crippen molar-refractivity contribution in [1.82, 2.24) is 0 Å². The molecule has 2 rings (SSSR count). The molecule has 0 radical (unpaired) electrons. The second-order valence-corrected chi connectivity index (χ2v) is 5.86. The van der Waals surface area contributed by atoms with Gasteiger partial charge in [0.15, 0.2) is 0 Å². The maximum absolute atomic E-state index is 11.1. The van der Waals surface area contributed by atoms with Gasteiger partial charge in [0.2, 0.25) is 5.79 Å². The summed E-state index contributed by atoms with van der Waals surface area (Å²) in [5.74, 6) is -1.97. The van der Waals surface area contributed by atoms with Crippen LogP contribution in [0.5, 0.6) is 5.75 Å². The zero-order valence-electron chi connectivity index (χ0n) is 12.5. The van der Waals surface area contributed by atoms with E-state index in [1.54, 1.807) is 0 Å². The molecule has 0 aliphatic carbocycles. The van der Waals surface area contributed by atoms with Crippen molar-refractivity contribution in [1.29, 1.82) is 0 Å². The molecule has 1 aromatic rings. The average molecular weight is 292 g/mol. The van der Waals surface area contributed by atoms with Crippen molar-refractivity contribution < 1.29 is 19.7 Å². The number of carbonyl (C=O) groups is 1. The quantitative estimate of drug-likeness (QED) is 0.756. The number of aliphatic carboxylic acids is 1. The molecule has 2 unspecified atom stereocenters. The van der Waals surface area contributed by atoms with E-state index in [9.17, 15) is 9.90 Å². The standard InChI is InChI=1S/C17H24O4/c1-2-3-4-7-10-17(20)14(12-16(18)19)11-13-8-5-6-9-15(13)21-17/h5-6,8-9,14,20H,2-4,7,10-12H2,1H3,(H,18,19). The van der Waals surface area contributed by atoms with Gasteiger partial charge in [-0.2, -0.15) is 0 Å². The van der Waals surface area contributed by atoms with Crippen LogP contribution in [0, 0.1) is 5.92 Å². The number of aliphatic hydroxyl groups is 1. The van der Waals surface area contributed by atoms with Crippen molar-refractivity contribution in [3.8, 4) is 5.75 Å². The summed E-state index contributed by atoms with van der Waals surface area (Å²) in [5.41, 5.74) is 0.974. The molecule has 21 heavy (non-hydrogen) atoms. The molecule has 0 fully saturated rings. The number of unbranched alkanes of at least 4 members (excludes halogenated alkanes) is 3. The van der Waals surface area contributed by atoms with E-state index in [2.05, 4.69) is 6.92 Å². The number of carboxylic acids is 1. The first-order chi connectivity index (χ1) is 10.0. The molecule has 0 spiro atoms. The third-order valence-corrected chi connectivity index (χ3v) is 4.17. The van der Waals surface area contributed by atoms with E-state index in [1.165, 1.54) is 0 Å². The van der Waals surface area contributed by atoms with Crippen LogP contribution in [0.4, 0.5) is 0 Å². The first kappa shape index (κ1) is 15.8. The Morgan fingerprint density at radius 3 is 2.81 bits per heavy atom. The minimum atomic E-state index is -1.36. The van der Waals surface area contributed by atoms with Crippen LogP contribution in [0.1, 0.15) is 51.0 Å². The van der Waals surface area contributed by atoms with Crippen LogP contribution in [-0.2, 0) is 11.2 Å². The van der Waals surface area contributed by atoms with Crippen molar-refractivity contribution in [2.24, 2.45) is 5.92 Å². The van der Waals surface area contributed by atoms with Gasteiger partial charge in [0.1, 0.15) is 5.75 Å². The second kappa shape index (κ2) is 6.94. The fourth-order valence-electron chi connectivity index (χ4n) is 2.97. The molecule has 2 N–H and O–H groups in total. The van der Waals surface area contributed by atoms with Gasteiger partial charge in [0, 0.05) is 12.3 Å². The Kier molecular flexibility index (Phi) is 5.23. The summed E-state index contributed by atoms with van der Waals surface area (Å²) < 4.78 is 5.81. The lowest BCUT2D eigenvalue weighted by molar-refractivity contribution is -0.197. The molecule has 1 aromatic carbocycles. The zero-order chi connectivity index (χ0) is 15.3. The van der Waals surface area contributed by atoms with Crippen molar-refractivity contribution in [3.63, 3.8) is 0 Å². The van der Waals surface area contributed by atoms with Gasteiger partial charge in [-0.1, -0.05) is 44.4 Å². The highest BCUT2D eigenvalue weighted by atomic mass is 16.6. The van der Waals surface area contributed by atoms with Gasteiger partial charge in [0.05, 0.1) is 6.42 Å². The van der Waals surface area contributed by atoms with Crippen molar-refractivity contribution in [2.75, 3.05) is 0 Å². The maximum Gasteiger partial charge on any atom is 0.303 e. The van der Waals surface area contributed by atoms with Crippen LogP contribution >= 0.6 is 0 Å². The highest BCUT2D eigenvalue weighted by Crippen LogP contribution is 2.40. The fraction of sp³-hybridized carbons (Fsp3) is 0.588. The number of fused-ring (bicyclic) bond motifs is 1. The van der Waals surface area contributed by atoms with Gasteiger partial charge < -0.3 is 14.9 Å². The van der Waals surface area contributed by atoms with Gasteiger partial charge in [0.25, 0.3) is 0 Å². The minimum absolute atomic E-state index is 0.0708. The number of para-hydroxylation sites is 1. The summed E-state index contributed by atoms with van der Waals surface area (Å²) in [5, 5.41) is 19.9. The summed E-state index contributed by atoms with van der Waals surface area (Å²) >= 11 is 0. The molecule has 4 nitrogen and oxygen atoms in total. The summed E-state index contributed by atoms with van der Waals surface area (Å²) in [7, 11) is 0. The number of ether oxygens (including phenoxy) is 1. The third kappa shape index (κ3) is 3.97. The van der Waals surface area contributed by atoms with Crippen molar-refractivity contribution >= 4 is 5.97 Å². The predicted octanol–water partition coefficient (Wildman–Crippen LogP) is 3.37. The predicted molar refractivity (Wildman–Crippen MR) is 80.2 cm³/mol. The molecule has 1 aliphatic rings. The van der Waals surface area contributed by atoms with Gasteiger partial charge >= 0.3 is 5.97 Å². The molecule has 1 heterocycles.